The maximum Gasteiger partial charge on any atom is 0.170 e. The van der Waals surface area contributed by atoms with Crippen molar-refractivity contribution in [3.8, 4) is 5.75 Å². The van der Waals surface area contributed by atoms with E-state index in [1.54, 1.807) is 31.4 Å². The van der Waals surface area contributed by atoms with Crippen molar-refractivity contribution in [2.24, 2.45) is 10.9 Å². The van der Waals surface area contributed by atoms with Crippen molar-refractivity contribution in [1.29, 1.82) is 0 Å². The van der Waals surface area contributed by atoms with Crippen molar-refractivity contribution in [2.75, 3.05) is 12.4 Å². The summed E-state index contributed by atoms with van der Waals surface area (Å²) in [5, 5.41) is 15.6. The number of nitrogens with zero attached hydrogens (tertiary/aromatic N) is 1. The number of nitrogens with two attached hydrogens (primary N) is 1. The Labute approximate surface area is 128 Å². The van der Waals surface area contributed by atoms with Gasteiger partial charge in [0.25, 0.3) is 0 Å². The molecule has 110 valence electrons. The van der Waals surface area contributed by atoms with Gasteiger partial charge in [-0.2, -0.15) is 0 Å². The van der Waals surface area contributed by atoms with Gasteiger partial charge in [0.2, 0.25) is 0 Å². The highest BCUT2D eigenvalue weighted by molar-refractivity contribution is 6.30. The normalized spacial score (nSPS) is 11.2. The Morgan fingerprint density at radius 3 is 2.86 bits per heavy atom. The van der Waals surface area contributed by atoms with Crippen LogP contribution in [0.5, 0.6) is 5.75 Å². The summed E-state index contributed by atoms with van der Waals surface area (Å²) in [5.74, 6) is 0.796. The minimum atomic E-state index is 0.0807. The van der Waals surface area contributed by atoms with Crippen LogP contribution in [0.25, 0.3) is 0 Å². The number of rotatable bonds is 5. The van der Waals surface area contributed by atoms with Crippen molar-refractivity contribution in [3.63, 3.8) is 0 Å². The lowest BCUT2D eigenvalue weighted by Gasteiger charge is -2.12. The first-order chi connectivity index (χ1) is 10.1. The fraction of sp³-hybridized carbons (Fsp3) is 0.133. The molecular formula is C15H16ClN3O2. The van der Waals surface area contributed by atoms with Crippen LogP contribution >= 0.6 is 11.6 Å². The number of oxime groups is 1. The third kappa shape index (κ3) is 3.79. The van der Waals surface area contributed by atoms with Crippen LogP contribution < -0.4 is 15.8 Å². The molecule has 0 aliphatic rings. The molecule has 0 aliphatic heterocycles. The molecule has 5 nitrogen and oxygen atoms in total. The molecule has 0 spiro atoms. The molecule has 2 aromatic carbocycles. The molecule has 21 heavy (non-hydrogen) atoms. The second-order valence-corrected chi connectivity index (χ2v) is 4.82. The van der Waals surface area contributed by atoms with E-state index in [9.17, 15) is 0 Å². The molecule has 0 saturated carbocycles. The van der Waals surface area contributed by atoms with E-state index in [2.05, 4.69) is 10.5 Å². The third-order valence-electron chi connectivity index (χ3n) is 2.97. The molecule has 0 radical (unpaired) electrons. The molecule has 0 bridgehead atoms. The molecule has 0 aromatic heterocycles. The molecule has 4 N–H and O–H groups in total. The Hall–Kier alpha value is -2.40. The summed E-state index contributed by atoms with van der Waals surface area (Å²) in [5.41, 5.74) is 8.03. The first-order valence-electron chi connectivity index (χ1n) is 6.28. The molecule has 2 aromatic rings. The van der Waals surface area contributed by atoms with Crippen molar-refractivity contribution in [2.45, 2.75) is 6.54 Å². The van der Waals surface area contributed by atoms with Crippen LogP contribution in [0, 0.1) is 0 Å². The second-order valence-electron chi connectivity index (χ2n) is 4.38. The quantitative estimate of drug-likeness (QED) is 0.343. The second kappa shape index (κ2) is 6.85. The zero-order valence-corrected chi connectivity index (χ0v) is 12.3. The van der Waals surface area contributed by atoms with E-state index in [1.807, 2.05) is 18.2 Å². The van der Waals surface area contributed by atoms with Gasteiger partial charge < -0.3 is 21.0 Å². The minimum absolute atomic E-state index is 0.0807. The van der Waals surface area contributed by atoms with Crippen LogP contribution in [-0.4, -0.2) is 18.2 Å². The molecule has 6 heteroatoms. The number of anilines is 1. The zero-order valence-electron chi connectivity index (χ0n) is 11.5. The summed E-state index contributed by atoms with van der Waals surface area (Å²) in [6.45, 7) is 0.559. The molecule has 0 atom stereocenters. The Balaban J connectivity index is 2.15. The molecule has 0 amide bonds. The number of halogens is 1. The third-order valence-corrected chi connectivity index (χ3v) is 3.21. The molecule has 2 rings (SSSR count). The highest BCUT2D eigenvalue weighted by Crippen LogP contribution is 2.28. The Kier molecular flexibility index (Phi) is 4.90. The summed E-state index contributed by atoms with van der Waals surface area (Å²) >= 11 is 5.99. The molecule has 0 unspecified atom stereocenters. The maximum atomic E-state index is 8.70. The monoisotopic (exact) mass is 305 g/mol. The van der Waals surface area contributed by atoms with E-state index < -0.39 is 0 Å². The van der Waals surface area contributed by atoms with Crippen LogP contribution in [0.1, 0.15) is 11.1 Å². The number of hydrogen-bond acceptors (Lipinski definition) is 4. The summed E-state index contributed by atoms with van der Waals surface area (Å²) in [6.07, 6.45) is 0. The number of ether oxygens (including phenoxy) is 1. The number of hydrogen-bond donors (Lipinski definition) is 3. The largest absolute Gasteiger partial charge is 0.495 e. The summed E-state index contributed by atoms with van der Waals surface area (Å²) in [7, 11) is 1.60. The SMILES string of the molecule is COc1ccc(Cl)cc1NCc1cccc(C(N)=NO)c1. The first-order valence-corrected chi connectivity index (χ1v) is 6.66. The van der Waals surface area contributed by atoms with Crippen molar-refractivity contribution in [3.05, 3.63) is 58.6 Å². The summed E-state index contributed by atoms with van der Waals surface area (Å²) in [6, 6.07) is 12.8. The topological polar surface area (TPSA) is 79.9 Å². The lowest BCUT2D eigenvalue weighted by molar-refractivity contribution is 0.318. The zero-order chi connectivity index (χ0) is 15.2. The minimum Gasteiger partial charge on any atom is -0.495 e. The predicted molar refractivity (Wildman–Crippen MR) is 84.3 cm³/mol. The molecule has 0 fully saturated rings. The van der Waals surface area contributed by atoms with Crippen LogP contribution in [-0.2, 0) is 6.54 Å². The molecular weight excluding hydrogens is 290 g/mol. The van der Waals surface area contributed by atoms with E-state index in [0.717, 1.165) is 11.3 Å². The van der Waals surface area contributed by atoms with E-state index >= 15 is 0 Å². The number of amidine groups is 1. The maximum absolute atomic E-state index is 8.70. The van der Waals surface area contributed by atoms with Gasteiger partial charge in [-0.1, -0.05) is 35.0 Å². The van der Waals surface area contributed by atoms with Gasteiger partial charge in [-0.15, -0.1) is 0 Å². The van der Waals surface area contributed by atoms with Gasteiger partial charge in [0.1, 0.15) is 5.75 Å². The number of benzene rings is 2. The first kappa shape index (κ1) is 15.0. The summed E-state index contributed by atoms with van der Waals surface area (Å²) < 4.78 is 5.27. The lowest BCUT2D eigenvalue weighted by Crippen LogP contribution is -2.13. The van der Waals surface area contributed by atoms with Gasteiger partial charge in [-0.05, 0) is 29.8 Å². The fourth-order valence-corrected chi connectivity index (χ4v) is 2.09. The van der Waals surface area contributed by atoms with Crippen LogP contribution in [0.2, 0.25) is 5.02 Å². The van der Waals surface area contributed by atoms with Gasteiger partial charge in [0.05, 0.1) is 12.8 Å². The van der Waals surface area contributed by atoms with Crippen LogP contribution in [0.15, 0.2) is 47.6 Å². The fourth-order valence-electron chi connectivity index (χ4n) is 1.91. The van der Waals surface area contributed by atoms with E-state index in [4.69, 9.17) is 27.3 Å². The van der Waals surface area contributed by atoms with Gasteiger partial charge in [0.15, 0.2) is 5.84 Å². The Bertz CT molecular complexity index is 659. The van der Waals surface area contributed by atoms with Crippen molar-refractivity contribution >= 4 is 23.1 Å². The van der Waals surface area contributed by atoms with Gasteiger partial charge >= 0.3 is 0 Å². The van der Waals surface area contributed by atoms with E-state index in [0.29, 0.717) is 22.9 Å². The van der Waals surface area contributed by atoms with Crippen molar-refractivity contribution in [1.82, 2.24) is 0 Å². The van der Waals surface area contributed by atoms with Crippen LogP contribution in [0.4, 0.5) is 5.69 Å². The number of methoxy groups -OCH3 is 1. The summed E-state index contributed by atoms with van der Waals surface area (Å²) in [4.78, 5) is 0. The highest BCUT2D eigenvalue weighted by Gasteiger charge is 2.05. The van der Waals surface area contributed by atoms with Gasteiger partial charge in [0, 0.05) is 17.1 Å². The van der Waals surface area contributed by atoms with E-state index in [-0.39, 0.29) is 5.84 Å². The van der Waals surface area contributed by atoms with E-state index in [1.165, 1.54) is 0 Å². The highest BCUT2D eigenvalue weighted by atomic mass is 35.5. The Morgan fingerprint density at radius 2 is 2.14 bits per heavy atom. The Morgan fingerprint density at radius 1 is 1.33 bits per heavy atom. The lowest BCUT2D eigenvalue weighted by atomic mass is 10.1. The smallest absolute Gasteiger partial charge is 0.170 e. The average molecular weight is 306 g/mol. The van der Waals surface area contributed by atoms with Crippen molar-refractivity contribution < 1.29 is 9.94 Å². The van der Waals surface area contributed by atoms with Gasteiger partial charge in [-0.25, -0.2) is 0 Å². The molecule has 0 saturated heterocycles. The molecule has 0 heterocycles. The number of nitrogens with one attached hydrogen (secondary N) is 1. The standard InChI is InChI=1S/C15H16ClN3O2/c1-21-14-6-5-12(16)8-13(14)18-9-10-3-2-4-11(7-10)15(17)19-20/h2-8,18,20H,9H2,1H3,(H2,17,19). The predicted octanol–water partition coefficient (Wildman–Crippen LogP) is 3.06. The average Bonchev–Trinajstić information content (AvgIpc) is 2.52. The van der Waals surface area contributed by atoms with Gasteiger partial charge in [-0.3, -0.25) is 0 Å². The molecule has 0 aliphatic carbocycles. The van der Waals surface area contributed by atoms with Crippen LogP contribution in [0.3, 0.4) is 0 Å².